The van der Waals surface area contributed by atoms with Crippen molar-refractivity contribution in [3.63, 3.8) is 0 Å². The molecule has 1 N–H and O–H groups in total. The summed E-state index contributed by atoms with van der Waals surface area (Å²) in [5, 5.41) is 4.75. The molecule has 4 nitrogen and oxygen atoms in total. The maximum Gasteiger partial charge on any atom is 0.261 e. The Balaban J connectivity index is 2.11. The van der Waals surface area contributed by atoms with Crippen LogP contribution in [0.25, 0.3) is 10.9 Å². The first kappa shape index (κ1) is 15.5. The zero-order valence-corrected chi connectivity index (χ0v) is 14.2. The molecule has 2 heterocycles. The number of rotatable bonds is 1. The SMILES string of the molecule is CC1(C)CC(n2cnc3c(Cl)cccc3c2=O)CC(C)(C)N1. The number of benzene rings is 1. The number of para-hydroxylation sites is 1. The van der Waals surface area contributed by atoms with E-state index in [1.165, 1.54) is 0 Å². The molecule has 0 aliphatic carbocycles. The number of nitrogens with one attached hydrogen (secondary N) is 1. The molecular formula is C17H22ClN3O. The fraction of sp³-hybridized carbons (Fsp3) is 0.529. The Hall–Kier alpha value is -1.39. The number of hydrogen-bond acceptors (Lipinski definition) is 3. The molecule has 1 fully saturated rings. The predicted octanol–water partition coefficient (Wildman–Crippen LogP) is 3.53. The summed E-state index contributed by atoms with van der Waals surface area (Å²) in [5.74, 6) is 0. The molecule has 0 spiro atoms. The maximum absolute atomic E-state index is 12.8. The number of hydrogen-bond donors (Lipinski definition) is 1. The third kappa shape index (κ3) is 2.77. The van der Waals surface area contributed by atoms with Crippen molar-refractivity contribution in [2.24, 2.45) is 0 Å². The van der Waals surface area contributed by atoms with E-state index < -0.39 is 0 Å². The molecule has 2 aromatic rings. The Kier molecular flexibility index (Phi) is 3.57. The molecule has 118 valence electrons. The molecule has 0 atom stereocenters. The molecule has 1 saturated heterocycles. The smallest absolute Gasteiger partial charge is 0.261 e. The molecule has 3 rings (SSSR count). The van der Waals surface area contributed by atoms with Crippen molar-refractivity contribution >= 4 is 22.5 Å². The first-order valence-corrected chi connectivity index (χ1v) is 8.01. The quantitative estimate of drug-likeness (QED) is 0.874. The largest absolute Gasteiger partial charge is 0.307 e. The molecule has 1 aliphatic heterocycles. The van der Waals surface area contributed by atoms with Crippen LogP contribution >= 0.6 is 11.6 Å². The average Bonchev–Trinajstić information content (AvgIpc) is 2.36. The fourth-order valence-electron chi connectivity index (χ4n) is 3.86. The molecule has 1 aromatic heterocycles. The minimum Gasteiger partial charge on any atom is -0.307 e. The highest BCUT2D eigenvalue weighted by Gasteiger charge is 2.38. The summed E-state index contributed by atoms with van der Waals surface area (Å²) in [6, 6.07) is 5.49. The van der Waals surface area contributed by atoms with Crippen LogP contribution < -0.4 is 10.9 Å². The van der Waals surface area contributed by atoms with Crippen molar-refractivity contribution in [2.45, 2.75) is 57.7 Å². The molecule has 0 amide bonds. The van der Waals surface area contributed by atoms with E-state index in [2.05, 4.69) is 38.0 Å². The summed E-state index contributed by atoms with van der Waals surface area (Å²) in [5.41, 5.74) is 0.536. The monoisotopic (exact) mass is 319 g/mol. The van der Waals surface area contributed by atoms with Gasteiger partial charge >= 0.3 is 0 Å². The van der Waals surface area contributed by atoms with Crippen LogP contribution in [0.1, 0.15) is 46.6 Å². The predicted molar refractivity (Wildman–Crippen MR) is 90.6 cm³/mol. The number of aromatic nitrogens is 2. The molecule has 0 radical (unpaired) electrons. The molecule has 22 heavy (non-hydrogen) atoms. The Morgan fingerprint density at radius 3 is 2.50 bits per heavy atom. The summed E-state index contributed by atoms with van der Waals surface area (Å²) >= 11 is 6.14. The zero-order chi connectivity index (χ0) is 16.1. The lowest BCUT2D eigenvalue weighted by Gasteiger charge is -2.46. The van der Waals surface area contributed by atoms with Gasteiger partial charge in [0.25, 0.3) is 5.56 Å². The van der Waals surface area contributed by atoms with Crippen LogP contribution in [0.4, 0.5) is 0 Å². The van der Waals surface area contributed by atoms with Crippen molar-refractivity contribution in [3.8, 4) is 0 Å². The van der Waals surface area contributed by atoms with Crippen LogP contribution in [0, 0.1) is 0 Å². The summed E-state index contributed by atoms with van der Waals surface area (Å²) in [6.45, 7) is 8.71. The van der Waals surface area contributed by atoms with Crippen LogP contribution in [-0.4, -0.2) is 20.6 Å². The lowest BCUT2D eigenvalue weighted by molar-refractivity contribution is 0.130. The van der Waals surface area contributed by atoms with Crippen molar-refractivity contribution in [1.82, 2.24) is 14.9 Å². The van der Waals surface area contributed by atoms with Crippen molar-refractivity contribution in [1.29, 1.82) is 0 Å². The van der Waals surface area contributed by atoms with E-state index in [-0.39, 0.29) is 22.7 Å². The number of piperidine rings is 1. The van der Waals surface area contributed by atoms with Crippen LogP contribution in [0.15, 0.2) is 29.3 Å². The van der Waals surface area contributed by atoms with Crippen LogP contribution in [-0.2, 0) is 0 Å². The Bertz CT molecular complexity index is 763. The summed E-state index contributed by atoms with van der Waals surface area (Å²) in [4.78, 5) is 17.3. The van der Waals surface area contributed by atoms with E-state index in [0.29, 0.717) is 15.9 Å². The number of halogens is 1. The second kappa shape index (κ2) is 5.07. The van der Waals surface area contributed by atoms with Crippen LogP contribution in [0.2, 0.25) is 5.02 Å². The van der Waals surface area contributed by atoms with Gasteiger partial charge in [0, 0.05) is 17.1 Å². The number of fused-ring (bicyclic) bond motifs is 1. The van der Waals surface area contributed by atoms with Crippen molar-refractivity contribution in [3.05, 3.63) is 39.9 Å². The second-order valence-electron chi connectivity index (χ2n) is 7.55. The lowest BCUT2D eigenvalue weighted by Crippen LogP contribution is -2.58. The minimum absolute atomic E-state index is 0.00833. The minimum atomic E-state index is -0.0187. The van der Waals surface area contributed by atoms with E-state index in [9.17, 15) is 4.79 Å². The standard InChI is InChI=1S/C17H22ClN3O/c1-16(2)8-11(9-17(3,4)20-16)21-10-19-14-12(15(21)22)6-5-7-13(14)18/h5-7,10-11,20H,8-9H2,1-4H3. The highest BCUT2D eigenvalue weighted by molar-refractivity contribution is 6.34. The third-order valence-corrected chi connectivity index (χ3v) is 4.63. The van der Waals surface area contributed by atoms with Gasteiger partial charge < -0.3 is 5.32 Å². The maximum atomic E-state index is 12.8. The third-order valence-electron chi connectivity index (χ3n) is 4.32. The van der Waals surface area contributed by atoms with Gasteiger partial charge in [-0.05, 0) is 52.7 Å². The summed E-state index contributed by atoms with van der Waals surface area (Å²) < 4.78 is 1.78. The van der Waals surface area contributed by atoms with Crippen molar-refractivity contribution < 1.29 is 0 Å². The molecule has 1 aliphatic rings. The molecule has 5 heteroatoms. The highest BCUT2D eigenvalue weighted by Crippen LogP contribution is 2.35. The van der Waals surface area contributed by atoms with Gasteiger partial charge in [0.05, 0.1) is 22.3 Å². The van der Waals surface area contributed by atoms with Gasteiger partial charge in [0.2, 0.25) is 0 Å². The van der Waals surface area contributed by atoms with E-state index >= 15 is 0 Å². The lowest BCUT2D eigenvalue weighted by atomic mass is 9.79. The highest BCUT2D eigenvalue weighted by atomic mass is 35.5. The van der Waals surface area contributed by atoms with E-state index in [4.69, 9.17) is 11.6 Å². The molecular weight excluding hydrogens is 298 g/mol. The normalized spacial score (nSPS) is 21.1. The van der Waals surface area contributed by atoms with Crippen LogP contribution in [0.3, 0.4) is 0 Å². The second-order valence-corrected chi connectivity index (χ2v) is 7.96. The van der Waals surface area contributed by atoms with Gasteiger partial charge in [-0.25, -0.2) is 4.98 Å². The fourth-order valence-corrected chi connectivity index (χ4v) is 4.08. The first-order valence-electron chi connectivity index (χ1n) is 7.63. The number of nitrogens with zero attached hydrogens (tertiary/aromatic N) is 2. The molecule has 0 unspecified atom stereocenters. The zero-order valence-electron chi connectivity index (χ0n) is 13.5. The average molecular weight is 320 g/mol. The van der Waals surface area contributed by atoms with Crippen molar-refractivity contribution in [2.75, 3.05) is 0 Å². The van der Waals surface area contributed by atoms with Gasteiger partial charge in [-0.1, -0.05) is 17.7 Å². The van der Waals surface area contributed by atoms with Gasteiger partial charge in [-0.15, -0.1) is 0 Å². The van der Waals surface area contributed by atoms with Crippen LogP contribution in [0.5, 0.6) is 0 Å². The van der Waals surface area contributed by atoms with E-state index in [1.54, 1.807) is 29.1 Å². The van der Waals surface area contributed by atoms with Gasteiger partial charge in [0.15, 0.2) is 0 Å². The molecule has 0 bridgehead atoms. The topological polar surface area (TPSA) is 46.9 Å². The Morgan fingerprint density at radius 1 is 1.23 bits per heavy atom. The van der Waals surface area contributed by atoms with Gasteiger partial charge in [-0.2, -0.15) is 0 Å². The summed E-state index contributed by atoms with van der Waals surface area (Å²) in [6.07, 6.45) is 3.44. The Morgan fingerprint density at radius 2 is 1.86 bits per heavy atom. The first-order chi connectivity index (χ1) is 10.2. The van der Waals surface area contributed by atoms with Gasteiger partial charge in [0.1, 0.15) is 0 Å². The van der Waals surface area contributed by atoms with Gasteiger partial charge in [-0.3, -0.25) is 9.36 Å². The Labute approximate surface area is 135 Å². The molecule has 0 saturated carbocycles. The van der Waals surface area contributed by atoms with E-state index in [0.717, 1.165) is 12.8 Å². The molecule has 1 aromatic carbocycles. The summed E-state index contributed by atoms with van der Waals surface area (Å²) in [7, 11) is 0. The van der Waals surface area contributed by atoms with E-state index in [1.807, 2.05) is 0 Å².